The Labute approximate surface area is 190 Å². The molecule has 16 nitrogen and oxygen atoms in total. The summed E-state index contributed by atoms with van der Waals surface area (Å²) in [5.74, 6) is -1.54. The van der Waals surface area contributed by atoms with Gasteiger partial charge in [-0.2, -0.15) is 29.7 Å². The molecule has 0 saturated heterocycles. The summed E-state index contributed by atoms with van der Waals surface area (Å²) in [5, 5.41) is 54.8. The molecule has 0 saturated carbocycles. The molecular weight excluding hydrogens is 470 g/mol. The first kappa shape index (κ1) is 22.1. The number of aromatic hydroxyl groups is 3. The topological polar surface area (TPSA) is 230 Å². The van der Waals surface area contributed by atoms with Crippen molar-refractivity contribution in [2.75, 3.05) is 11.0 Å². The zero-order chi connectivity index (χ0) is 24.5. The second kappa shape index (κ2) is 8.44. The second-order valence-electron chi connectivity index (χ2n) is 6.48. The fraction of sp³-hybridized carbons (Fsp3) is 0.0588. The largest absolute Gasteiger partial charge is 0.492 e. The molecule has 0 radical (unpaired) electrons. The lowest BCUT2D eigenvalue weighted by molar-refractivity contribution is 0.379. The van der Waals surface area contributed by atoms with E-state index in [9.17, 15) is 29.0 Å². The van der Waals surface area contributed by atoms with Gasteiger partial charge in [-0.3, -0.25) is 4.72 Å². The molecular formula is C17H13N11O5S. The molecule has 3 heterocycles. The highest BCUT2D eigenvalue weighted by Gasteiger charge is 2.22. The average molecular weight is 483 g/mol. The summed E-state index contributed by atoms with van der Waals surface area (Å²) in [7, 11) is -3.82. The maximum absolute atomic E-state index is 11.8. The van der Waals surface area contributed by atoms with Crippen molar-refractivity contribution in [3.05, 3.63) is 42.1 Å². The quantitative estimate of drug-likeness (QED) is 0.283. The van der Waals surface area contributed by atoms with Gasteiger partial charge < -0.3 is 15.3 Å². The number of benzene rings is 1. The Morgan fingerprint density at radius 3 is 2.32 bits per heavy atom. The minimum Gasteiger partial charge on any atom is -0.492 e. The molecule has 0 aliphatic rings. The normalized spacial score (nSPS) is 11.5. The molecule has 0 fully saturated rings. The number of sulfonamides is 1. The van der Waals surface area contributed by atoms with Crippen molar-refractivity contribution >= 4 is 27.3 Å². The van der Waals surface area contributed by atoms with Crippen LogP contribution < -0.4 is 4.72 Å². The summed E-state index contributed by atoms with van der Waals surface area (Å²) >= 11 is 0. The van der Waals surface area contributed by atoms with Crippen LogP contribution in [0.25, 0.3) is 11.6 Å². The van der Waals surface area contributed by atoms with Gasteiger partial charge in [0.05, 0.1) is 18.1 Å². The molecule has 0 amide bonds. The molecule has 4 aromatic rings. The first-order chi connectivity index (χ1) is 16.2. The summed E-state index contributed by atoms with van der Waals surface area (Å²) in [6, 6.07) is 8.50. The van der Waals surface area contributed by atoms with Gasteiger partial charge in [0.1, 0.15) is 11.6 Å². The molecule has 1 aromatic carbocycles. The molecule has 4 rings (SSSR count). The maximum Gasteiger partial charge on any atom is 0.321 e. The molecule has 0 unspecified atom stereocenters. The lowest BCUT2D eigenvalue weighted by Crippen LogP contribution is -2.10. The summed E-state index contributed by atoms with van der Waals surface area (Å²) in [6.45, 7) is 0. The van der Waals surface area contributed by atoms with Crippen LogP contribution in [0.15, 0.2) is 46.8 Å². The van der Waals surface area contributed by atoms with Crippen LogP contribution in [0, 0.1) is 11.3 Å². The van der Waals surface area contributed by atoms with E-state index < -0.39 is 27.9 Å². The number of nitriles is 1. The third-order valence-electron chi connectivity index (χ3n) is 4.02. The maximum atomic E-state index is 11.8. The minimum atomic E-state index is -3.82. The standard InChI is InChI=1S/C17H13N11O5S/c1-34(32,33)26-12-11(14(29)27(25-12)10-5-3-2-4-6-10)23-24-13-9(7-18)8-19-28(13)15-20-16(30)22-17(31)21-15/h2-6,8,29H,1H3,(H,25,26)(H2,20,21,22,30,31). The van der Waals surface area contributed by atoms with E-state index in [1.54, 1.807) is 30.3 Å². The van der Waals surface area contributed by atoms with E-state index in [2.05, 4.69) is 40.1 Å². The molecule has 4 N–H and O–H groups in total. The Balaban J connectivity index is 1.85. The number of nitrogens with zero attached hydrogens (tertiary/aromatic N) is 10. The highest BCUT2D eigenvalue weighted by atomic mass is 32.2. The third-order valence-corrected chi connectivity index (χ3v) is 4.58. The molecule has 0 spiro atoms. The van der Waals surface area contributed by atoms with Crippen LogP contribution in [0.3, 0.4) is 0 Å². The molecule has 34 heavy (non-hydrogen) atoms. The molecule has 3 aromatic heterocycles. The lowest BCUT2D eigenvalue weighted by atomic mass is 10.3. The van der Waals surface area contributed by atoms with E-state index in [1.807, 2.05) is 6.07 Å². The van der Waals surface area contributed by atoms with Crippen LogP contribution >= 0.6 is 0 Å². The fourth-order valence-corrected chi connectivity index (χ4v) is 3.17. The van der Waals surface area contributed by atoms with E-state index in [4.69, 9.17) is 0 Å². The van der Waals surface area contributed by atoms with Crippen molar-refractivity contribution in [1.82, 2.24) is 34.5 Å². The summed E-state index contributed by atoms with van der Waals surface area (Å²) in [4.78, 5) is 10.4. The minimum absolute atomic E-state index is 0.115. The van der Waals surface area contributed by atoms with Gasteiger partial charge in [-0.05, 0) is 12.1 Å². The molecule has 172 valence electrons. The van der Waals surface area contributed by atoms with Crippen LogP contribution in [0.5, 0.6) is 17.9 Å². The Kier molecular flexibility index (Phi) is 5.48. The number of rotatable bonds is 6. The van der Waals surface area contributed by atoms with Crippen LogP contribution in [0.4, 0.5) is 17.3 Å². The van der Waals surface area contributed by atoms with Crippen molar-refractivity contribution < 1.29 is 23.7 Å². The van der Waals surface area contributed by atoms with E-state index in [0.29, 0.717) is 5.69 Å². The van der Waals surface area contributed by atoms with Gasteiger partial charge in [-0.15, -0.1) is 20.3 Å². The van der Waals surface area contributed by atoms with Gasteiger partial charge in [-0.25, -0.2) is 8.42 Å². The Morgan fingerprint density at radius 2 is 1.71 bits per heavy atom. The van der Waals surface area contributed by atoms with Crippen molar-refractivity contribution in [2.24, 2.45) is 10.2 Å². The van der Waals surface area contributed by atoms with Gasteiger partial charge in [-0.1, -0.05) is 18.2 Å². The predicted molar refractivity (Wildman–Crippen MR) is 113 cm³/mol. The Bertz CT molecular complexity index is 1530. The first-order valence-corrected chi connectivity index (χ1v) is 10.9. The van der Waals surface area contributed by atoms with Gasteiger partial charge >= 0.3 is 12.0 Å². The third kappa shape index (κ3) is 4.42. The fourth-order valence-electron chi connectivity index (χ4n) is 2.69. The molecule has 0 bridgehead atoms. The van der Waals surface area contributed by atoms with E-state index in [1.165, 1.54) is 0 Å². The zero-order valence-corrected chi connectivity index (χ0v) is 17.8. The average Bonchev–Trinajstić information content (AvgIpc) is 3.31. The van der Waals surface area contributed by atoms with Crippen LogP contribution in [-0.4, -0.2) is 64.5 Å². The van der Waals surface area contributed by atoms with Crippen molar-refractivity contribution in [3.8, 4) is 35.6 Å². The van der Waals surface area contributed by atoms with Crippen LogP contribution in [-0.2, 0) is 10.0 Å². The van der Waals surface area contributed by atoms with Gasteiger partial charge in [0.15, 0.2) is 17.3 Å². The number of anilines is 1. The van der Waals surface area contributed by atoms with Crippen molar-refractivity contribution in [2.45, 2.75) is 0 Å². The molecule has 17 heteroatoms. The highest BCUT2D eigenvalue weighted by Crippen LogP contribution is 2.38. The molecule has 0 aliphatic heterocycles. The summed E-state index contributed by atoms with van der Waals surface area (Å²) in [5.41, 5.74) is -0.0835. The number of azo groups is 1. The second-order valence-corrected chi connectivity index (χ2v) is 8.23. The highest BCUT2D eigenvalue weighted by molar-refractivity contribution is 7.92. The SMILES string of the molecule is CS(=O)(=O)Nc1nn(-c2ccccc2)c(O)c1N=Nc1c(C#N)cnn1-c1nc(O)nc(O)n1. The first-order valence-electron chi connectivity index (χ1n) is 9.05. The van der Waals surface area contributed by atoms with Gasteiger partial charge in [0, 0.05) is 0 Å². The van der Waals surface area contributed by atoms with Crippen LogP contribution in [0.2, 0.25) is 0 Å². The Morgan fingerprint density at radius 1 is 1.03 bits per heavy atom. The smallest absolute Gasteiger partial charge is 0.321 e. The van der Waals surface area contributed by atoms with E-state index >= 15 is 0 Å². The van der Waals surface area contributed by atoms with Gasteiger partial charge in [0.2, 0.25) is 15.9 Å². The monoisotopic (exact) mass is 483 g/mol. The number of aromatic nitrogens is 7. The number of hydrogen-bond donors (Lipinski definition) is 4. The Hall–Kier alpha value is -5.11. The van der Waals surface area contributed by atoms with Gasteiger partial charge in [0.25, 0.3) is 5.95 Å². The number of nitrogens with one attached hydrogen (secondary N) is 1. The summed E-state index contributed by atoms with van der Waals surface area (Å²) in [6.07, 6.45) is 1.98. The number of para-hydroxylation sites is 1. The van der Waals surface area contributed by atoms with Crippen molar-refractivity contribution in [3.63, 3.8) is 0 Å². The van der Waals surface area contributed by atoms with Crippen molar-refractivity contribution in [1.29, 1.82) is 5.26 Å². The molecule has 0 aliphatic carbocycles. The predicted octanol–water partition coefficient (Wildman–Crippen LogP) is 1.02. The van der Waals surface area contributed by atoms with E-state index in [-0.39, 0.29) is 28.8 Å². The lowest BCUT2D eigenvalue weighted by Gasteiger charge is -2.02. The summed E-state index contributed by atoms with van der Waals surface area (Å²) < 4.78 is 27.7. The van der Waals surface area contributed by atoms with Crippen LogP contribution in [0.1, 0.15) is 5.56 Å². The zero-order valence-electron chi connectivity index (χ0n) is 17.0. The van der Waals surface area contributed by atoms with E-state index in [0.717, 1.165) is 21.8 Å². The number of hydrogen-bond acceptors (Lipinski definition) is 13. The molecule has 0 atom stereocenters.